The lowest BCUT2D eigenvalue weighted by Gasteiger charge is -2.47. The molecule has 0 radical (unpaired) electrons. The van der Waals surface area contributed by atoms with Gasteiger partial charge in [-0.2, -0.15) is 0 Å². The molecule has 12 nitrogen and oxygen atoms in total. The highest BCUT2D eigenvalue weighted by atomic mass is 16.7. The van der Waals surface area contributed by atoms with E-state index in [1.165, 1.54) is 6.92 Å². The van der Waals surface area contributed by atoms with E-state index >= 15 is 0 Å². The van der Waals surface area contributed by atoms with E-state index in [1.807, 2.05) is 53.6 Å². The number of Topliss-reactive ketones (excluding diaryl/α,β-unsaturated/α-hetero) is 1. The van der Waals surface area contributed by atoms with Crippen LogP contribution in [0.1, 0.15) is 74.7 Å². The van der Waals surface area contributed by atoms with Crippen LogP contribution in [0.4, 0.5) is 4.79 Å². The van der Waals surface area contributed by atoms with Crippen molar-refractivity contribution in [3.63, 3.8) is 0 Å². The smallest absolute Gasteiger partial charge is 0.410 e. The maximum absolute atomic E-state index is 14.1. The van der Waals surface area contributed by atoms with Crippen LogP contribution in [0.3, 0.4) is 0 Å². The first-order valence-electron chi connectivity index (χ1n) is 16.5. The van der Waals surface area contributed by atoms with Crippen molar-refractivity contribution in [1.82, 2.24) is 9.80 Å². The van der Waals surface area contributed by atoms with E-state index in [1.54, 1.807) is 18.9 Å². The van der Waals surface area contributed by atoms with Crippen molar-refractivity contribution in [1.29, 1.82) is 0 Å². The summed E-state index contributed by atoms with van der Waals surface area (Å²) >= 11 is 0. The second kappa shape index (κ2) is 13.9. The third kappa shape index (κ3) is 6.95. The maximum Gasteiger partial charge on any atom is 0.410 e. The number of carbonyl (C=O) groups is 3. The van der Waals surface area contributed by atoms with E-state index in [9.17, 15) is 19.5 Å². The van der Waals surface area contributed by atoms with Crippen LogP contribution >= 0.6 is 0 Å². The highest BCUT2D eigenvalue weighted by Crippen LogP contribution is 2.40. The molecule has 1 N–H and O–H groups in total. The number of cyclic esters (lactones) is 1. The molecule has 3 saturated heterocycles. The van der Waals surface area contributed by atoms with Crippen LogP contribution in [-0.2, 0) is 33.3 Å². The third-order valence-electron chi connectivity index (χ3n) is 10.5. The summed E-state index contributed by atoms with van der Waals surface area (Å²) in [7, 11) is 5.38. The first-order valence-corrected chi connectivity index (χ1v) is 16.5. The van der Waals surface area contributed by atoms with Gasteiger partial charge in [0.25, 0.3) is 0 Å². The highest BCUT2D eigenvalue weighted by Gasteiger charge is 2.54. The van der Waals surface area contributed by atoms with Gasteiger partial charge in [-0.25, -0.2) is 4.79 Å². The number of rotatable bonds is 5. The van der Waals surface area contributed by atoms with Crippen molar-refractivity contribution in [3.8, 4) is 0 Å². The molecule has 2 bridgehead atoms. The van der Waals surface area contributed by atoms with Crippen molar-refractivity contribution >= 4 is 23.6 Å². The molecule has 4 aliphatic heterocycles. The SMILES string of the molecule is CC[C@H]1OC(=O)[C@H](C)C(=O)[C@H](C)[C@@H](O[C@@H]2O[C@H](C)C[C@H](N(C)C)[C@H]2O)[C@](C)(OC)C[C@@H](C)C2=N[C@@H](C)CN3C(=O)O[C@H]1[C@H]3[C@H]2C. The highest BCUT2D eigenvalue weighted by molar-refractivity contribution is 6.00. The van der Waals surface area contributed by atoms with Gasteiger partial charge in [0.2, 0.25) is 0 Å². The Labute approximate surface area is 268 Å². The van der Waals surface area contributed by atoms with Gasteiger partial charge in [0, 0.05) is 37.2 Å². The number of hydrogen-bond donors (Lipinski definition) is 1. The number of nitrogens with zero attached hydrogens (tertiary/aromatic N) is 3. The number of hydrogen-bond acceptors (Lipinski definition) is 11. The van der Waals surface area contributed by atoms with Gasteiger partial charge in [0.05, 0.1) is 29.9 Å². The Balaban J connectivity index is 1.80. The summed E-state index contributed by atoms with van der Waals surface area (Å²) in [5.41, 5.74) is -0.161. The number of ketones is 1. The standard InChI is InChI=1S/C33H55N3O9/c1-12-23-28-25-19(5)24(34-17(3)15-36(25)32(40)44-28)16(2)14-33(8,41-11)29(20(6)26(37)21(7)30(39)43-23)45-31-27(38)22(35(9)10)13-18(4)42-31/h16-23,25,27-29,31,38H,12-15H2,1-11H3/t16-,17+,18-,19+,20+,21-,22+,23-,25-,27-,28-,29-,31+,33-/m1/s1. The lowest BCUT2D eigenvalue weighted by atomic mass is 9.75. The molecule has 0 aromatic heterocycles. The minimum atomic E-state index is -1.12. The molecule has 0 saturated carbocycles. The molecule has 1 amide bonds. The first kappa shape index (κ1) is 35.7. The number of aliphatic hydroxyl groups excluding tert-OH is 1. The fourth-order valence-electron chi connectivity index (χ4n) is 7.96. The Bertz CT molecular complexity index is 1130. The lowest BCUT2D eigenvalue weighted by Crippen LogP contribution is -2.59. The van der Waals surface area contributed by atoms with E-state index < -0.39 is 66.2 Å². The number of aliphatic hydroxyl groups is 1. The van der Waals surface area contributed by atoms with Gasteiger partial charge in [0.1, 0.15) is 18.1 Å². The third-order valence-corrected chi connectivity index (χ3v) is 10.5. The van der Waals surface area contributed by atoms with Gasteiger partial charge in [0.15, 0.2) is 18.2 Å². The van der Waals surface area contributed by atoms with Crippen molar-refractivity contribution in [3.05, 3.63) is 0 Å². The number of carbonyl (C=O) groups excluding carboxylic acids is 3. The van der Waals surface area contributed by atoms with Crippen molar-refractivity contribution in [2.45, 2.75) is 135 Å². The van der Waals surface area contributed by atoms with Gasteiger partial charge in [-0.3, -0.25) is 19.5 Å². The summed E-state index contributed by atoms with van der Waals surface area (Å²) in [5.74, 6) is -3.37. The first-order chi connectivity index (χ1) is 21.0. The monoisotopic (exact) mass is 637 g/mol. The van der Waals surface area contributed by atoms with Crippen LogP contribution in [0.5, 0.6) is 0 Å². The number of methoxy groups -OCH3 is 1. The summed E-state index contributed by atoms with van der Waals surface area (Å²) in [5, 5.41) is 11.4. The zero-order valence-electron chi connectivity index (χ0n) is 28.9. The average molecular weight is 638 g/mol. The van der Waals surface area contributed by atoms with Crippen LogP contribution in [0.25, 0.3) is 0 Å². The average Bonchev–Trinajstić information content (AvgIpc) is 3.23. The molecular formula is C33H55N3O9. The predicted octanol–water partition coefficient (Wildman–Crippen LogP) is 3.07. The summed E-state index contributed by atoms with van der Waals surface area (Å²) in [6.45, 7) is 15.4. The maximum atomic E-state index is 14.1. The van der Waals surface area contributed by atoms with Crippen LogP contribution in [0.2, 0.25) is 0 Å². The minimum absolute atomic E-state index is 0.147. The fraction of sp³-hybridized carbons (Fsp3) is 0.879. The predicted molar refractivity (Wildman–Crippen MR) is 167 cm³/mol. The number of likely N-dealkylation sites (N-methyl/N-ethyl adjacent to an activating group) is 1. The fourth-order valence-corrected chi connectivity index (χ4v) is 7.96. The van der Waals surface area contributed by atoms with Gasteiger partial charge in [-0.05, 0) is 67.0 Å². The van der Waals surface area contributed by atoms with E-state index in [2.05, 4.69) is 6.92 Å². The molecule has 0 aromatic rings. The van der Waals surface area contributed by atoms with Crippen molar-refractivity contribution in [2.24, 2.45) is 28.7 Å². The molecule has 0 aliphatic carbocycles. The summed E-state index contributed by atoms with van der Waals surface area (Å²) in [4.78, 5) is 49.6. The Morgan fingerprint density at radius 2 is 1.73 bits per heavy atom. The van der Waals surface area contributed by atoms with Gasteiger partial charge >= 0.3 is 12.1 Å². The molecule has 12 heteroatoms. The quantitative estimate of drug-likeness (QED) is 0.354. The lowest BCUT2D eigenvalue weighted by molar-refractivity contribution is -0.295. The van der Waals surface area contributed by atoms with E-state index in [4.69, 9.17) is 28.7 Å². The number of amides is 1. The minimum Gasteiger partial charge on any atom is -0.458 e. The molecule has 4 aliphatic rings. The van der Waals surface area contributed by atoms with E-state index in [0.29, 0.717) is 25.8 Å². The molecule has 3 fully saturated rings. The molecule has 0 unspecified atom stereocenters. The Kier molecular flexibility index (Phi) is 11.1. The van der Waals surface area contributed by atoms with E-state index in [-0.39, 0.29) is 35.8 Å². The van der Waals surface area contributed by atoms with Crippen LogP contribution in [-0.4, -0.2) is 127 Å². The normalized spacial score (nSPS) is 45.0. The zero-order valence-corrected chi connectivity index (χ0v) is 28.9. The largest absolute Gasteiger partial charge is 0.458 e. The van der Waals surface area contributed by atoms with Crippen LogP contribution in [0.15, 0.2) is 4.99 Å². The number of aliphatic imine (C=N–C) groups is 1. The molecule has 256 valence electrons. The molecule has 0 aromatic carbocycles. The molecule has 45 heavy (non-hydrogen) atoms. The summed E-state index contributed by atoms with van der Waals surface area (Å²) < 4.78 is 30.9. The molecule has 0 spiro atoms. The number of ether oxygens (including phenoxy) is 5. The van der Waals surface area contributed by atoms with Crippen molar-refractivity contribution < 1.29 is 43.2 Å². The molecular weight excluding hydrogens is 582 g/mol. The zero-order chi connectivity index (χ0) is 33.5. The van der Waals surface area contributed by atoms with Gasteiger partial charge in [-0.15, -0.1) is 0 Å². The van der Waals surface area contributed by atoms with Gasteiger partial charge < -0.3 is 33.7 Å². The Morgan fingerprint density at radius 3 is 2.33 bits per heavy atom. The topological polar surface area (TPSA) is 136 Å². The van der Waals surface area contributed by atoms with Crippen molar-refractivity contribution in [2.75, 3.05) is 27.7 Å². The molecule has 4 heterocycles. The van der Waals surface area contributed by atoms with Gasteiger partial charge in [-0.1, -0.05) is 27.7 Å². The Morgan fingerprint density at radius 1 is 1.07 bits per heavy atom. The second-order valence-electron chi connectivity index (χ2n) is 14.2. The second-order valence-corrected chi connectivity index (χ2v) is 14.2. The van der Waals surface area contributed by atoms with Crippen LogP contribution < -0.4 is 0 Å². The summed E-state index contributed by atoms with van der Waals surface area (Å²) in [6.07, 6.45) is -3.54. The van der Waals surface area contributed by atoms with Crippen LogP contribution in [0, 0.1) is 23.7 Å². The summed E-state index contributed by atoms with van der Waals surface area (Å²) in [6, 6.07) is -0.799. The number of esters is 1. The number of fused-ring (bicyclic) bond motifs is 1. The van der Waals surface area contributed by atoms with E-state index in [0.717, 1.165) is 5.71 Å². The molecule has 14 atom stereocenters. The molecule has 4 rings (SSSR count). The Hall–Kier alpha value is -2.12.